The van der Waals surface area contributed by atoms with Crippen LogP contribution in [0.15, 0.2) is 67.0 Å². The molecule has 0 spiro atoms. The molecule has 1 aliphatic heterocycles. The van der Waals surface area contributed by atoms with Crippen LogP contribution in [0.25, 0.3) is 28.2 Å². The van der Waals surface area contributed by atoms with Crippen molar-refractivity contribution in [2.45, 2.75) is 18.9 Å². The van der Waals surface area contributed by atoms with Crippen LogP contribution in [0.4, 0.5) is 10.6 Å². The number of nitrogens with one attached hydrogen (secondary N) is 3. The first-order valence-electron chi connectivity index (χ1n) is 12.3. The zero-order valence-electron chi connectivity index (χ0n) is 19.8. The Morgan fingerprint density at radius 3 is 2.58 bits per heavy atom. The van der Waals surface area contributed by atoms with Gasteiger partial charge in [-0.05, 0) is 25.0 Å². The van der Waals surface area contributed by atoms with Gasteiger partial charge in [-0.15, -0.1) is 0 Å². The van der Waals surface area contributed by atoms with Gasteiger partial charge in [-0.1, -0.05) is 42.5 Å². The van der Waals surface area contributed by atoms with Gasteiger partial charge in [0.2, 0.25) is 0 Å². The maximum Gasteiger partial charge on any atom is 0.317 e. The van der Waals surface area contributed by atoms with Gasteiger partial charge >= 0.3 is 6.03 Å². The number of aromatic nitrogens is 3. The van der Waals surface area contributed by atoms with Gasteiger partial charge < -0.3 is 20.9 Å². The molecule has 0 unspecified atom stereocenters. The molecule has 4 aromatic rings. The van der Waals surface area contributed by atoms with E-state index in [9.17, 15) is 9.59 Å². The predicted octanol–water partition coefficient (Wildman–Crippen LogP) is 3.39. The summed E-state index contributed by atoms with van der Waals surface area (Å²) >= 11 is 0. The highest BCUT2D eigenvalue weighted by molar-refractivity contribution is 5.95. The topological polar surface area (TPSA) is 104 Å². The Kier molecular flexibility index (Phi) is 5.73. The molecule has 36 heavy (non-hydrogen) atoms. The van der Waals surface area contributed by atoms with Crippen molar-refractivity contribution in [3.63, 3.8) is 0 Å². The number of nitrogens with zero attached hydrogens (tertiary/aromatic N) is 4. The number of carbonyl (C=O) groups is 2. The summed E-state index contributed by atoms with van der Waals surface area (Å²) in [4.78, 5) is 35.6. The SMILES string of the molecule is O=C(NC1CC1)c1ccc(-c2cnc3c(NCCN4CCNC4=O)nc(-c4ccccc4)cn23)cc1. The van der Waals surface area contributed by atoms with Crippen molar-refractivity contribution in [1.29, 1.82) is 0 Å². The minimum atomic E-state index is -0.0368. The zero-order valence-corrected chi connectivity index (χ0v) is 19.8. The fraction of sp³-hybridized carbons (Fsp3) is 0.259. The molecule has 0 bridgehead atoms. The lowest BCUT2D eigenvalue weighted by molar-refractivity contribution is 0.0951. The highest BCUT2D eigenvalue weighted by Crippen LogP contribution is 2.28. The highest BCUT2D eigenvalue weighted by Gasteiger charge is 2.24. The first-order valence-corrected chi connectivity index (χ1v) is 12.3. The highest BCUT2D eigenvalue weighted by atomic mass is 16.2. The lowest BCUT2D eigenvalue weighted by atomic mass is 10.1. The van der Waals surface area contributed by atoms with Gasteiger partial charge in [0.05, 0.1) is 17.6 Å². The summed E-state index contributed by atoms with van der Waals surface area (Å²) in [5, 5.41) is 9.24. The Labute approximate surface area is 208 Å². The standard InChI is InChI=1S/C27H27N7O2/c35-26(31-21-10-11-21)20-8-6-19(7-9-20)23-16-30-25-24(28-12-14-33-15-13-29-27(33)36)32-22(17-34(23)25)18-4-2-1-3-5-18/h1-9,16-17,21H,10-15H2,(H,28,32)(H,29,36)(H,31,35). The van der Waals surface area contributed by atoms with Gasteiger partial charge in [-0.2, -0.15) is 0 Å². The second kappa shape index (κ2) is 9.33. The van der Waals surface area contributed by atoms with Crippen molar-refractivity contribution in [1.82, 2.24) is 29.9 Å². The maximum atomic E-state index is 12.4. The number of imidazole rings is 1. The van der Waals surface area contributed by atoms with Crippen LogP contribution in [0, 0.1) is 0 Å². The third kappa shape index (κ3) is 4.47. The monoisotopic (exact) mass is 481 g/mol. The van der Waals surface area contributed by atoms with Crippen LogP contribution >= 0.6 is 0 Å². The van der Waals surface area contributed by atoms with Crippen molar-refractivity contribution in [3.05, 3.63) is 72.6 Å². The molecule has 3 heterocycles. The average molecular weight is 482 g/mol. The Morgan fingerprint density at radius 2 is 1.86 bits per heavy atom. The van der Waals surface area contributed by atoms with Crippen LogP contribution in [0.1, 0.15) is 23.2 Å². The van der Waals surface area contributed by atoms with Crippen molar-refractivity contribution < 1.29 is 9.59 Å². The van der Waals surface area contributed by atoms with Crippen LogP contribution in [-0.4, -0.2) is 63.4 Å². The van der Waals surface area contributed by atoms with Crippen molar-refractivity contribution >= 4 is 23.4 Å². The van der Waals surface area contributed by atoms with Gasteiger partial charge in [0.15, 0.2) is 11.5 Å². The van der Waals surface area contributed by atoms with E-state index in [-0.39, 0.29) is 11.9 Å². The smallest absolute Gasteiger partial charge is 0.317 e. The maximum absolute atomic E-state index is 12.4. The zero-order chi connectivity index (χ0) is 24.5. The van der Waals surface area contributed by atoms with Crippen LogP contribution in [0.3, 0.4) is 0 Å². The number of fused-ring (bicyclic) bond motifs is 1. The van der Waals surface area contributed by atoms with E-state index in [0.717, 1.165) is 35.4 Å². The summed E-state index contributed by atoms with van der Waals surface area (Å²) in [6.07, 6.45) is 5.93. The molecule has 3 amide bonds. The molecule has 9 heteroatoms. The summed E-state index contributed by atoms with van der Waals surface area (Å²) < 4.78 is 2.03. The van der Waals surface area contributed by atoms with E-state index in [2.05, 4.69) is 20.9 Å². The molecule has 2 aromatic heterocycles. The first kappa shape index (κ1) is 22.1. The molecule has 0 atom stereocenters. The van der Waals surface area contributed by atoms with E-state index in [0.29, 0.717) is 49.2 Å². The number of anilines is 1. The second-order valence-corrected chi connectivity index (χ2v) is 9.15. The summed E-state index contributed by atoms with van der Waals surface area (Å²) in [6, 6.07) is 17.9. The minimum Gasteiger partial charge on any atom is -0.365 e. The summed E-state index contributed by atoms with van der Waals surface area (Å²) in [7, 11) is 0. The number of benzene rings is 2. The molecule has 2 fully saturated rings. The molecule has 2 aromatic carbocycles. The fourth-order valence-corrected chi connectivity index (χ4v) is 4.39. The van der Waals surface area contributed by atoms with Crippen LogP contribution in [0.2, 0.25) is 0 Å². The van der Waals surface area contributed by atoms with E-state index in [1.807, 2.05) is 71.4 Å². The van der Waals surface area contributed by atoms with E-state index in [1.54, 1.807) is 4.90 Å². The van der Waals surface area contributed by atoms with Crippen LogP contribution < -0.4 is 16.0 Å². The largest absolute Gasteiger partial charge is 0.365 e. The number of carbonyl (C=O) groups excluding carboxylic acids is 2. The fourth-order valence-electron chi connectivity index (χ4n) is 4.39. The number of urea groups is 1. The third-order valence-corrected chi connectivity index (χ3v) is 6.54. The number of amides is 3. The van der Waals surface area contributed by atoms with Gasteiger partial charge in [0, 0.05) is 55.1 Å². The average Bonchev–Trinajstić information content (AvgIpc) is 3.47. The van der Waals surface area contributed by atoms with Gasteiger partial charge in [-0.25, -0.2) is 14.8 Å². The van der Waals surface area contributed by atoms with Crippen LogP contribution in [0.5, 0.6) is 0 Å². The quantitative estimate of drug-likeness (QED) is 0.358. The molecule has 3 N–H and O–H groups in total. The van der Waals surface area contributed by atoms with E-state index >= 15 is 0 Å². The minimum absolute atomic E-state index is 0.0315. The molecular formula is C27H27N7O2. The van der Waals surface area contributed by atoms with E-state index in [4.69, 9.17) is 4.98 Å². The molecular weight excluding hydrogens is 454 g/mol. The third-order valence-electron chi connectivity index (χ3n) is 6.54. The Morgan fingerprint density at radius 1 is 1.06 bits per heavy atom. The molecule has 1 aliphatic carbocycles. The van der Waals surface area contributed by atoms with Crippen molar-refractivity contribution in [2.75, 3.05) is 31.5 Å². The second-order valence-electron chi connectivity index (χ2n) is 9.15. The molecule has 1 saturated carbocycles. The first-order chi connectivity index (χ1) is 17.7. The number of rotatable bonds is 8. The number of hydrogen-bond acceptors (Lipinski definition) is 5. The van der Waals surface area contributed by atoms with Crippen molar-refractivity contribution in [2.24, 2.45) is 0 Å². The van der Waals surface area contributed by atoms with Gasteiger partial charge in [0.1, 0.15) is 0 Å². The van der Waals surface area contributed by atoms with Crippen molar-refractivity contribution in [3.8, 4) is 22.5 Å². The van der Waals surface area contributed by atoms with Gasteiger partial charge in [0.25, 0.3) is 5.91 Å². The van der Waals surface area contributed by atoms with E-state index in [1.165, 1.54) is 0 Å². The Bertz CT molecular complexity index is 1410. The lowest BCUT2D eigenvalue weighted by Gasteiger charge is -2.15. The summed E-state index contributed by atoms with van der Waals surface area (Å²) in [6.45, 7) is 2.51. The summed E-state index contributed by atoms with van der Waals surface area (Å²) in [5.74, 6) is 0.624. The molecule has 1 saturated heterocycles. The number of hydrogen-bond donors (Lipinski definition) is 3. The molecule has 2 aliphatic rings. The Balaban J connectivity index is 1.32. The molecule has 0 radical (unpaired) electrons. The predicted molar refractivity (Wildman–Crippen MR) is 138 cm³/mol. The summed E-state index contributed by atoms with van der Waals surface area (Å²) in [5.41, 5.74) is 5.01. The lowest BCUT2D eigenvalue weighted by Crippen LogP contribution is -2.32. The van der Waals surface area contributed by atoms with Crippen LogP contribution in [-0.2, 0) is 0 Å². The molecule has 6 rings (SSSR count). The van der Waals surface area contributed by atoms with Gasteiger partial charge in [-0.3, -0.25) is 9.20 Å². The Hall–Kier alpha value is -4.40. The molecule has 9 nitrogen and oxygen atoms in total. The van der Waals surface area contributed by atoms with E-state index < -0.39 is 0 Å². The normalized spacial score (nSPS) is 15.2. The molecule has 182 valence electrons.